The molecule has 0 saturated carbocycles. The number of hydrogen-bond donors (Lipinski definition) is 2. The van der Waals surface area contributed by atoms with Crippen molar-refractivity contribution in [2.45, 2.75) is 13.3 Å². The molecule has 104 valence electrons. The van der Waals surface area contributed by atoms with E-state index in [9.17, 15) is 9.59 Å². The maximum atomic E-state index is 11.4. The van der Waals surface area contributed by atoms with Crippen LogP contribution >= 0.6 is 0 Å². The van der Waals surface area contributed by atoms with E-state index in [0.29, 0.717) is 26.2 Å². The monoisotopic (exact) mass is 260 g/mol. The number of hydrogen-bond acceptors (Lipinski definition) is 7. The lowest BCUT2D eigenvalue weighted by molar-refractivity contribution is -0.151. The molecule has 0 aromatic carbocycles. The summed E-state index contributed by atoms with van der Waals surface area (Å²) in [5, 5.41) is 0. The SMILES string of the molecule is CCOC(=O)N1CCN(CCC(=O)ONN)CC1. The van der Waals surface area contributed by atoms with Crippen LogP contribution in [0.4, 0.5) is 4.79 Å². The van der Waals surface area contributed by atoms with Crippen molar-refractivity contribution in [2.75, 3.05) is 39.3 Å². The average molecular weight is 260 g/mol. The van der Waals surface area contributed by atoms with Crippen LogP contribution < -0.4 is 11.4 Å². The highest BCUT2D eigenvalue weighted by Gasteiger charge is 2.22. The standard InChI is InChI=1S/C10H20N4O4/c1-2-17-10(16)14-7-5-13(6-8-14)4-3-9(15)18-12-11/h12H,2-8,11H2,1H3. The van der Waals surface area contributed by atoms with E-state index in [4.69, 9.17) is 10.6 Å². The quantitative estimate of drug-likeness (QED) is 0.487. The second kappa shape index (κ2) is 7.85. The Morgan fingerprint density at radius 3 is 2.50 bits per heavy atom. The van der Waals surface area contributed by atoms with Gasteiger partial charge >= 0.3 is 12.1 Å². The zero-order chi connectivity index (χ0) is 13.4. The van der Waals surface area contributed by atoms with Crippen LogP contribution in [0.2, 0.25) is 0 Å². The number of hydrazine groups is 1. The van der Waals surface area contributed by atoms with E-state index in [0.717, 1.165) is 13.1 Å². The molecule has 0 bridgehead atoms. The van der Waals surface area contributed by atoms with Gasteiger partial charge in [0.1, 0.15) is 0 Å². The van der Waals surface area contributed by atoms with Gasteiger partial charge in [0, 0.05) is 32.7 Å². The number of carbonyl (C=O) groups excluding carboxylic acids is 2. The second-order valence-electron chi connectivity index (χ2n) is 3.87. The van der Waals surface area contributed by atoms with Gasteiger partial charge < -0.3 is 14.5 Å². The first kappa shape index (κ1) is 14.7. The Balaban J connectivity index is 2.19. The number of amides is 1. The molecule has 1 fully saturated rings. The Kier molecular flexibility index (Phi) is 6.40. The highest BCUT2D eigenvalue weighted by atomic mass is 16.7. The Labute approximate surface area is 106 Å². The van der Waals surface area contributed by atoms with Crippen LogP contribution in [-0.2, 0) is 14.4 Å². The molecule has 0 unspecified atom stereocenters. The molecule has 0 aromatic heterocycles. The lowest BCUT2D eigenvalue weighted by atomic mass is 10.3. The summed E-state index contributed by atoms with van der Waals surface area (Å²) in [6.45, 7) is 5.44. The van der Waals surface area contributed by atoms with Crippen LogP contribution in [0.3, 0.4) is 0 Å². The Morgan fingerprint density at radius 1 is 1.28 bits per heavy atom. The summed E-state index contributed by atoms with van der Waals surface area (Å²) in [6, 6.07) is 0. The van der Waals surface area contributed by atoms with Gasteiger partial charge in [0.05, 0.1) is 13.0 Å². The summed E-state index contributed by atoms with van der Waals surface area (Å²) < 4.78 is 4.92. The van der Waals surface area contributed by atoms with Crippen LogP contribution in [-0.4, -0.2) is 61.2 Å². The van der Waals surface area contributed by atoms with Gasteiger partial charge in [-0.25, -0.2) is 10.6 Å². The van der Waals surface area contributed by atoms with Gasteiger partial charge in [0.25, 0.3) is 0 Å². The fourth-order valence-electron chi connectivity index (χ4n) is 1.73. The Hall–Kier alpha value is -1.38. The fraction of sp³-hybridized carbons (Fsp3) is 0.800. The normalized spacial score (nSPS) is 16.4. The van der Waals surface area contributed by atoms with E-state index in [2.05, 4.69) is 9.74 Å². The summed E-state index contributed by atoms with van der Waals surface area (Å²) in [6.07, 6.45) is -0.00671. The molecule has 1 amide bonds. The van der Waals surface area contributed by atoms with Crippen LogP contribution in [0.5, 0.6) is 0 Å². The van der Waals surface area contributed by atoms with Crippen molar-refractivity contribution in [3.8, 4) is 0 Å². The van der Waals surface area contributed by atoms with Crippen molar-refractivity contribution in [3.63, 3.8) is 0 Å². The molecule has 8 nitrogen and oxygen atoms in total. The molecule has 1 heterocycles. The first-order chi connectivity index (χ1) is 8.67. The molecule has 0 aliphatic carbocycles. The van der Waals surface area contributed by atoms with Crippen molar-refractivity contribution < 1.29 is 19.2 Å². The van der Waals surface area contributed by atoms with Gasteiger partial charge in [0.15, 0.2) is 0 Å². The summed E-state index contributed by atoms with van der Waals surface area (Å²) in [4.78, 5) is 30.7. The average Bonchev–Trinajstić information content (AvgIpc) is 2.37. The zero-order valence-electron chi connectivity index (χ0n) is 10.6. The van der Waals surface area contributed by atoms with Crippen molar-refractivity contribution in [2.24, 2.45) is 5.84 Å². The summed E-state index contributed by atoms with van der Waals surface area (Å²) in [5.41, 5.74) is 1.85. The Bertz CT molecular complexity index is 279. The predicted octanol–water partition coefficient (Wildman–Crippen LogP) is -0.928. The number of rotatable bonds is 5. The molecule has 8 heteroatoms. The van der Waals surface area contributed by atoms with E-state index in [1.807, 2.05) is 5.59 Å². The number of nitrogens with zero attached hydrogens (tertiary/aromatic N) is 2. The number of carbonyl (C=O) groups is 2. The lowest BCUT2D eigenvalue weighted by Gasteiger charge is -2.33. The zero-order valence-corrected chi connectivity index (χ0v) is 10.6. The maximum absolute atomic E-state index is 11.4. The summed E-state index contributed by atoms with van der Waals surface area (Å²) in [7, 11) is 0. The first-order valence-electron chi connectivity index (χ1n) is 5.96. The van der Waals surface area contributed by atoms with Crippen LogP contribution in [0.1, 0.15) is 13.3 Å². The third-order valence-electron chi connectivity index (χ3n) is 2.70. The molecule has 0 aromatic rings. The smallest absolute Gasteiger partial charge is 0.409 e. The largest absolute Gasteiger partial charge is 0.450 e. The first-order valence-corrected chi connectivity index (χ1v) is 5.96. The lowest BCUT2D eigenvalue weighted by Crippen LogP contribution is -2.49. The highest BCUT2D eigenvalue weighted by Crippen LogP contribution is 2.04. The molecule has 0 spiro atoms. The highest BCUT2D eigenvalue weighted by molar-refractivity contribution is 5.69. The van der Waals surface area contributed by atoms with Crippen molar-refractivity contribution in [1.29, 1.82) is 0 Å². The number of piperazine rings is 1. The van der Waals surface area contributed by atoms with E-state index in [1.54, 1.807) is 11.8 Å². The van der Waals surface area contributed by atoms with Gasteiger partial charge in [0.2, 0.25) is 0 Å². The number of nitrogens with two attached hydrogens (primary N) is 1. The van der Waals surface area contributed by atoms with E-state index in [1.165, 1.54) is 0 Å². The predicted molar refractivity (Wildman–Crippen MR) is 63.1 cm³/mol. The van der Waals surface area contributed by atoms with Crippen LogP contribution in [0, 0.1) is 0 Å². The number of ether oxygens (including phenoxy) is 1. The molecule has 1 rings (SSSR count). The summed E-state index contributed by atoms with van der Waals surface area (Å²) in [5.74, 6) is 4.46. The third kappa shape index (κ3) is 4.86. The van der Waals surface area contributed by atoms with Gasteiger partial charge in [-0.3, -0.25) is 9.69 Å². The van der Waals surface area contributed by atoms with Gasteiger partial charge in [-0.1, -0.05) is 5.59 Å². The maximum Gasteiger partial charge on any atom is 0.409 e. The molecule has 1 aliphatic heterocycles. The molecule has 0 atom stereocenters. The van der Waals surface area contributed by atoms with Crippen molar-refractivity contribution in [1.82, 2.24) is 15.4 Å². The molecule has 18 heavy (non-hydrogen) atoms. The topological polar surface area (TPSA) is 97.1 Å². The molecule has 3 N–H and O–H groups in total. The van der Waals surface area contributed by atoms with Crippen LogP contribution in [0.15, 0.2) is 0 Å². The molecular formula is C10H20N4O4. The van der Waals surface area contributed by atoms with Crippen molar-refractivity contribution in [3.05, 3.63) is 0 Å². The van der Waals surface area contributed by atoms with E-state index >= 15 is 0 Å². The third-order valence-corrected chi connectivity index (χ3v) is 2.70. The van der Waals surface area contributed by atoms with E-state index in [-0.39, 0.29) is 12.5 Å². The van der Waals surface area contributed by atoms with Crippen molar-refractivity contribution >= 4 is 12.1 Å². The fourth-order valence-corrected chi connectivity index (χ4v) is 1.73. The molecular weight excluding hydrogens is 240 g/mol. The summed E-state index contributed by atoms with van der Waals surface area (Å²) >= 11 is 0. The minimum atomic E-state index is -0.398. The molecule has 1 aliphatic rings. The Morgan fingerprint density at radius 2 is 1.94 bits per heavy atom. The minimum Gasteiger partial charge on any atom is -0.450 e. The number of nitrogens with one attached hydrogen (secondary N) is 1. The van der Waals surface area contributed by atoms with E-state index < -0.39 is 5.97 Å². The van der Waals surface area contributed by atoms with Gasteiger partial charge in [-0.05, 0) is 6.92 Å². The molecule has 1 saturated heterocycles. The second-order valence-corrected chi connectivity index (χ2v) is 3.87. The van der Waals surface area contributed by atoms with Crippen LogP contribution in [0.25, 0.3) is 0 Å². The molecule has 0 radical (unpaired) electrons. The van der Waals surface area contributed by atoms with Gasteiger partial charge in [-0.15, -0.1) is 0 Å². The minimum absolute atomic E-state index is 0.267. The van der Waals surface area contributed by atoms with Gasteiger partial charge in [-0.2, -0.15) is 0 Å².